The molecule has 1 aliphatic carbocycles. The Bertz CT molecular complexity index is 1470. The predicted octanol–water partition coefficient (Wildman–Crippen LogP) is 5.42. The van der Waals surface area contributed by atoms with E-state index in [9.17, 15) is 9.59 Å². The summed E-state index contributed by atoms with van der Waals surface area (Å²) < 4.78 is 11.8. The lowest BCUT2D eigenvalue weighted by molar-refractivity contribution is -0.133. The molecule has 3 aromatic rings. The highest BCUT2D eigenvalue weighted by Crippen LogP contribution is 2.46. The van der Waals surface area contributed by atoms with Crippen LogP contribution in [0.3, 0.4) is 0 Å². The van der Waals surface area contributed by atoms with Crippen LogP contribution in [0.1, 0.15) is 96.5 Å². The van der Waals surface area contributed by atoms with Crippen LogP contribution in [0.15, 0.2) is 52.9 Å². The summed E-state index contributed by atoms with van der Waals surface area (Å²) in [7, 11) is 0. The fourth-order valence-corrected chi connectivity index (χ4v) is 8.54. The monoisotopic (exact) mass is 630 g/mol. The highest BCUT2D eigenvalue weighted by Gasteiger charge is 2.55. The van der Waals surface area contributed by atoms with Crippen LogP contribution >= 0.6 is 11.3 Å². The Kier molecular flexibility index (Phi) is 8.72. The van der Waals surface area contributed by atoms with E-state index in [-0.39, 0.29) is 29.9 Å². The van der Waals surface area contributed by atoms with Crippen molar-refractivity contribution in [2.24, 2.45) is 5.41 Å². The summed E-state index contributed by atoms with van der Waals surface area (Å²) in [6.07, 6.45) is 11.1. The van der Waals surface area contributed by atoms with Gasteiger partial charge in [0.25, 0.3) is 0 Å². The van der Waals surface area contributed by atoms with Crippen molar-refractivity contribution in [1.29, 1.82) is 0 Å². The van der Waals surface area contributed by atoms with Gasteiger partial charge in [0.05, 0.1) is 10.9 Å². The number of rotatable bonds is 8. The minimum absolute atomic E-state index is 0.00530. The number of piperidine rings is 1. The predicted molar refractivity (Wildman–Crippen MR) is 170 cm³/mol. The quantitative estimate of drug-likeness (QED) is 0.328. The lowest BCUT2D eigenvalue weighted by Crippen LogP contribution is -2.57. The second-order valence-electron chi connectivity index (χ2n) is 13.1. The van der Waals surface area contributed by atoms with Crippen molar-refractivity contribution in [3.63, 3.8) is 0 Å². The van der Waals surface area contributed by atoms with Gasteiger partial charge in [-0.3, -0.25) is 4.79 Å². The summed E-state index contributed by atoms with van der Waals surface area (Å²) in [4.78, 5) is 35.3. The molecule has 1 spiro atoms. The number of ether oxygens (including phenoxy) is 1. The first-order valence-electron chi connectivity index (χ1n) is 16.4. The van der Waals surface area contributed by atoms with Gasteiger partial charge in [0.1, 0.15) is 12.5 Å². The van der Waals surface area contributed by atoms with Gasteiger partial charge in [0.15, 0.2) is 0 Å². The van der Waals surface area contributed by atoms with E-state index in [1.54, 1.807) is 22.3 Å². The zero-order valence-electron chi connectivity index (χ0n) is 25.7. The first-order valence-corrected chi connectivity index (χ1v) is 17.3. The van der Waals surface area contributed by atoms with Crippen LogP contribution in [0.5, 0.6) is 0 Å². The van der Waals surface area contributed by atoms with Crippen LogP contribution in [0, 0.1) is 5.41 Å². The van der Waals surface area contributed by atoms with Gasteiger partial charge in [0, 0.05) is 62.2 Å². The van der Waals surface area contributed by atoms with Gasteiger partial charge in [0.2, 0.25) is 17.7 Å². The van der Waals surface area contributed by atoms with Crippen molar-refractivity contribution in [2.45, 2.75) is 68.6 Å². The minimum atomic E-state index is -0.686. The van der Waals surface area contributed by atoms with E-state index in [0.29, 0.717) is 49.8 Å². The number of benzene rings is 1. The zero-order chi connectivity index (χ0) is 30.8. The topological polar surface area (TPSA) is 114 Å². The van der Waals surface area contributed by atoms with Gasteiger partial charge >= 0.3 is 6.09 Å². The summed E-state index contributed by atoms with van der Waals surface area (Å²) in [5.74, 6) is 0.922. The van der Waals surface area contributed by atoms with Crippen molar-refractivity contribution < 1.29 is 18.7 Å². The van der Waals surface area contributed by atoms with Crippen molar-refractivity contribution in [1.82, 2.24) is 30.3 Å². The number of hydrogen-bond donors (Lipinski definition) is 1. The molecule has 1 saturated carbocycles. The van der Waals surface area contributed by atoms with Gasteiger partial charge in [-0.2, -0.15) is 0 Å². The average molecular weight is 631 g/mol. The number of likely N-dealkylation sites (tertiary alicyclic amines) is 2. The average Bonchev–Trinajstić information content (AvgIpc) is 3.85. The molecule has 4 aliphatic rings. The minimum Gasteiger partial charge on any atom is -0.445 e. The number of aromatic nitrogens is 3. The van der Waals surface area contributed by atoms with E-state index >= 15 is 0 Å². The standard InChI is InChI=1S/C34H42N6O4S/c1-2-17-43-33(42)40-19-27(34(22-40)20-35-21-34)29-37-38-30(44-29)28(25-10-8-24(9-11-25)23-6-4-3-5-7-23)32(41)39-15-12-26(13-16-39)31-36-14-18-45-31/h2,8-11,14,18,23,26-28,35H,1,3-7,12-13,15-17,19-22H2. The van der Waals surface area contributed by atoms with Crippen molar-refractivity contribution in [2.75, 3.05) is 45.9 Å². The third-order valence-electron chi connectivity index (χ3n) is 10.4. The van der Waals surface area contributed by atoms with Gasteiger partial charge in [-0.05, 0) is 42.7 Å². The van der Waals surface area contributed by atoms with Gasteiger partial charge in [-0.15, -0.1) is 21.5 Å². The third-order valence-corrected chi connectivity index (χ3v) is 11.3. The maximum atomic E-state index is 14.3. The Balaban J connectivity index is 1.14. The summed E-state index contributed by atoms with van der Waals surface area (Å²) in [6.45, 7) is 7.62. The molecule has 4 fully saturated rings. The molecule has 7 rings (SSSR count). The summed E-state index contributed by atoms with van der Waals surface area (Å²) in [5.41, 5.74) is 2.02. The Morgan fingerprint density at radius 2 is 1.84 bits per heavy atom. The molecule has 11 heteroatoms. The summed E-state index contributed by atoms with van der Waals surface area (Å²) >= 11 is 1.69. The second-order valence-corrected chi connectivity index (χ2v) is 14.1. The zero-order valence-corrected chi connectivity index (χ0v) is 26.6. The molecule has 10 nitrogen and oxygen atoms in total. The molecule has 2 amide bonds. The maximum absolute atomic E-state index is 14.3. The molecular formula is C34H42N6O4S. The number of carbonyl (C=O) groups excluding carboxylic acids is 2. The van der Waals surface area contributed by atoms with E-state index in [1.165, 1.54) is 37.7 Å². The van der Waals surface area contributed by atoms with Gasteiger partial charge < -0.3 is 24.3 Å². The number of amides is 2. The maximum Gasteiger partial charge on any atom is 0.410 e. The molecule has 0 radical (unpaired) electrons. The van der Waals surface area contributed by atoms with Gasteiger partial charge in [-0.25, -0.2) is 9.78 Å². The Hall–Kier alpha value is -3.57. The normalized spacial score (nSPS) is 22.7. The van der Waals surface area contributed by atoms with E-state index in [4.69, 9.17) is 9.15 Å². The number of nitrogens with zero attached hydrogens (tertiary/aromatic N) is 5. The second kappa shape index (κ2) is 13.0. The Morgan fingerprint density at radius 1 is 1.07 bits per heavy atom. The fraction of sp³-hybridized carbons (Fsp3) is 0.559. The first-order chi connectivity index (χ1) is 22.0. The Labute approximate surface area is 268 Å². The molecule has 3 aliphatic heterocycles. The molecule has 2 atom stereocenters. The fourth-order valence-electron chi connectivity index (χ4n) is 7.73. The lowest BCUT2D eigenvalue weighted by atomic mass is 9.73. The molecule has 1 aromatic carbocycles. The molecule has 1 N–H and O–H groups in total. The number of thiazole rings is 1. The summed E-state index contributed by atoms with van der Waals surface area (Å²) in [5, 5.41) is 15.6. The van der Waals surface area contributed by atoms with Crippen LogP contribution < -0.4 is 5.32 Å². The number of carbonyl (C=O) groups is 2. The third kappa shape index (κ3) is 6.04. The molecule has 3 saturated heterocycles. The van der Waals surface area contributed by atoms with Crippen molar-refractivity contribution in [3.05, 3.63) is 76.4 Å². The van der Waals surface area contributed by atoms with Crippen LogP contribution in [0.25, 0.3) is 0 Å². The SMILES string of the molecule is C=CCOC(=O)N1CC(c2nnc(C(C(=O)N3CCC(c4nccs4)CC3)c3ccc(C4CCCCC4)cc3)o2)C2(CNC2)C1. The Morgan fingerprint density at radius 3 is 2.51 bits per heavy atom. The van der Waals surface area contributed by atoms with E-state index in [2.05, 4.69) is 51.3 Å². The van der Waals surface area contributed by atoms with Crippen molar-refractivity contribution in [3.8, 4) is 0 Å². The highest BCUT2D eigenvalue weighted by atomic mass is 32.1. The molecular weight excluding hydrogens is 588 g/mol. The molecule has 0 bridgehead atoms. The van der Waals surface area contributed by atoms with Crippen LogP contribution in [-0.2, 0) is 9.53 Å². The molecule has 45 heavy (non-hydrogen) atoms. The molecule has 5 heterocycles. The van der Waals surface area contributed by atoms with Gasteiger partial charge in [-0.1, -0.05) is 56.2 Å². The smallest absolute Gasteiger partial charge is 0.410 e. The molecule has 238 valence electrons. The first kappa shape index (κ1) is 30.1. The van der Waals surface area contributed by atoms with Crippen LogP contribution in [0.4, 0.5) is 4.79 Å². The summed E-state index contributed by atoms with van der Waals surface area (Å²) in [6, 6.07) is 8.55. The van der Waals surface area contributed by atoms with Crippen molar-refractivity contribution >= 4 is 23.3 Å². The lowest BCUT2D eigenvalue weighted by Gasteiger charge is -2.42. The van der Waals surface area contributed by atoms with Crippen LogP contribution in [-0.4, -0.2) is 82.9 Å². The molecule has 2 aromatic heterocycles. The number of hydrogen-bond acceptors (Lipinski definition) is 9. The largest absolute Gasteiger partial charge is 0.445 e. The van der Waals surface area contributed by atoms with E-state index in [1.807, 2.05) is 16.5 Å². The van der Waals surface area contributed by atoms with E-state index in [0.717, 1.165) is 36.5 Å². The van der Waals surface area contributed by atoms with E-state index < -0.39 is 5.92 Å². The number of nitrogens with one attached hydrogen (secondary N) is 1. The highest BCUT2D eigenvalue weighted by molar-refractivity contribution is 7.09. The molecule has 2 unspecified atom stereocenters. The van der Waals surface area contributed by atoms with Crippen LogP contribution in [0.2, 0.25) is 0 Å².